The summed E-state index contributed by atoms with van der Waals surface area (Å²) in [4.78, 5) is 0. The topological polar surface area (TPSA) is 110 Å². The molecule has 0 fully saturated rings. The van der Waals surface area contributed by atoms with Crippen LogP contribution in [0, 0.1) is 0 Å². The number of benzene rings is 1. The molecule has 5 N–H and O–H groups in total. The van der Waals surface area contributed by atoms with Gasteiger partial charge in [-0.15, -0.1) is 0 Å². The molecule has 20 heavy (non-hydrogen) atoms. The van der Waals surface area contributed by atoms with Crippen molar-refractivity contribution in [2.24, 2.45) is 0 Å². The Morgan fingerprint density at radius 2 is 1.60 bits per heavy atom. The van der Waals surface area contributed by atoms with Crippen LogP contribution in [0.3, 0.4) is 0 Å². The number of aliphatic hydroxyl groups excluding tert-OH is 1. The summed E-state index contributed by atoms with van der Waals surface area (Å²) in [6.07, 6.45) is 0. The van der Waals surface area contributed by atoms with Crippen LogP contribution in [-0.2, 0) is 6.61 Å². The SMILES string of the molecule is CC(C)(O)C(C)(C)Oc1cccc(CO)c1.OB(O)O. The van der Waals surface area contributed by atoms with Crippen molar-refractivity contribution in [3.8, 4) is 5.75 Å². The van der Waals surface area contributed by atoms with Crippen molar-refractivity contribution in [3.63, 3.8) is 0 Å². The Hall–Kier alpha value is -1.12. The maximum Gasteiger partial charge on any atom is 0.631 e. The van der Waals surface area contributed by atoms with Gasteiger partial charge in [0.2, 0.25) is 0 Å². The van der Waals surface area contributed by atoms with Gasteiger partial charge in [0.25, 0.3) is 0 Å². The Labute approximate surface area is 119 Å². The summed E-state index contributed by atoms with van der Waals surface area (Å²) in [5, 5.41) is 40.5. The number of rotatable bonds is 4. The van der Waals surface area contributed by atoms with Crippen LogP contribution in [0.1, 0.15) is 33.3 Å². The molecular formula is C13H23BO6. The van der Waals surface area contributed by atoms with E-state index in [9.17, 15) is 5.11 Å². The Balaban J connectivity index is 0.000000796. The average molecular weight is 286 g/mol. The molecule has 0 aliphatic rings. The Morgan fingerprint density at radius 1 is 1.10 bits per heavy atom. The molecule has 6 nitrogen and oxygen atoms in total. The van der Waals surface area contributed by atoms with Crippen molar-refractivity contribution in [1.82, 2.24) is 0 Å². The van der Waals surface area contributed by atoms with Crippen molar-refractivity contribution < 1.29 is 30.0 Å². The van der Waals surface area contributed by atoms with E-state index in [1.165, 1.54) is 0 Å². The molecule has 114 valence electrons. The molecule has 1 aromatic rings. The highest BCUT2D eigenvalue weighted by Crippen LogP contribution is 2.28. The quantitative estimate of drug-likeness (QED) is 0.500. The predicted octanol–water partition coefficient (Wildman–Crippen LogP) is 0.0554. The largest absolute Gasteiger partial charge is 0.631 e. The van der Waals surface area contributed by atoms with Crippen molar-refractivity contribution in [2.45, 2.75) is 45.5 Å². The second kappa shape index (κ2) is 7.61. The molecule has 0 unspecified atom stereocenters. The lowest BCUT2D eigenvalue weighted by Gasteiger charge is -2.37. The maximum atomic E-state index is 9.96. The van der Waals surface area contributed by atoms with E-state index in [2.05, 4.69) is 0 Å². The zero-order chi connectivity index (χ0) is 16.0. The van der Waals surface area contributed by atoms with E-state index in [-0.39, 0.29) is 6.61 Å². The van der Waals surface area contributed by atoms with Crippen molar-refractivity contribution in [2.75, 3.05) is 0 Å². The Bertz CT molecular complexity index is 397. The van der Waals surface area contributed by atoms with Crippen LogP contribution in [0.4, 0.5) is 0 Å². The van der Waals surface area contributed by atoms with E-state index >= 15 is 0 Å². The molecule has 0 aliphatic heterocycles. The summed E-state index contributed by atoms with van der Waals surface area (Å²) < 4.78 is 5.75. The first kappa shape index (κ1) is 18.9. The molecule has 0 amide bonds. The van der Waals surface area contributed by atoms with Gasteiger partial charge in [-0.05, 0) is 45.4 Å². The number of hydrogen-bond donors (Lipinski definition) is 5. The standard InChI is InChI=1S/C13H20O3.BH3O3/c1-12(2,15)13(3,4)16-11-7-5-6-10(8-11)9-14;2-1(3)4/h5-8,14-15H,9H2,1-4H3;2-4H. The molecule has 1 rings (SSSR count). The summed E-state index contributed by atoms with van der Waals surface area (Å²) in [6.45, 7) is 7.07. The lowest BCUT2D eigenvalue weighted by atomic mass is 9.89. The van der Waals surface area contributed by atoms with Gasteiger partial charge in [0.1, 0.15) is 11.4 Å². The van der Waals surface area contributed by atoms with Gasteiger partial charge in [-0.25, -0.2) is 0 Å². The summed E-state index contributed by atoms with van der Waals surface area (Å²) in [5.74, 6) is 0.652. The molecule has 0 saturated heterocycles. The number of ether oxygens (including phenoxy) is 1. The monoisotopic (exact) mass is 286 g/mol. The minimum Gasteiger partial charge on any atom is -0.485 e. The van der Waals surface area contributed by atoms with E-state index in [1.807, 2.05) is 32.0 Å². The maximum absolute atomic E-state index is 9.96. The fourth-order valence-corrected chi connectivity index (χ4v) is 1.13. The van der Waals surface area contributed by atoms with Gasteiger partial charge >= 0.3 is 7.32 Å². The van der Waals surface area contributed by atoms with E-state index in [4.69, 9.17) is 24.9 Å². The third-order valence-electron chi connectivity index (χ3n) is 2.93. The lowest BCUT2D eigenvalue weighted by Crippen LogP contribution is -2.49. The highest BCUT2D eigenvalue weighted by atomic mass is 16.5. The van der Waals surface area contributed by atoms with Crippen LogP contribution >= 0.6 is 0 Å². The molecule has 0 radical (unpaired) electrons. The highest BCUT2D eigenvalue weighted by molar-refractivity contribution is 6.30. The zero-order valence-corrected chi connectivity index (χ0v) is 12.2. The molecule has 0 atom stereocenters. The summed E-state index contributed by atoms with van der Waals surface area (Å²) in [6, 6.07) is 7.23. The molecule has 1 aromatic carbocycles. The van der Waals surface area contributed by atoms with Gasteiger partial charge < -0.3 is 30.0 Å². The van der Waals surface area contributed by atoms with Gasteiger partial charge in [-0.1, -0.05) is 12.1 Å². The first-order chi connectivity index (χ1) is 8.99. The van der Waals surface area contributed by atoms with Crippen LogP contribution in [0.15, 0.2) is 24.3 Å². The highest BCUT2D eigenvalue weighted by Gasteiger charge is 2.37. The summed E-state index contributed by atoms with van der Waals surface area (Å²) >= 11 is 0. The molecule has 7 heteroatoms. The smallest absolute Gasteiger partial charge is 0.485 e. The molecule has 0 aromatic heterocycles. The van der Waals surface area contributed by atoms with E-state index in [0.717, 1.165) is 5.56 Å². The van der Waals surface area contributed by atoms with Crippen LogP contribution in [0.25, 0.3) is 0 Å². The number of hydrogen-bond acceptors (Lipinski definition) is 6. The first-order valence-electron chi connectivity index (χ1n) is 6.15. The van der Waals surface area contributed by atoms with Gasteiger partial charge in [-0.2, -0.15) is 0 Å². The van der Waals surface area contributed by atoms with Gasteiger partial charge in [0.15, 0.2) is 0 Å². The molecule has 0 aliphatic carbocycles. The van der Waals surface area contributed by atoms with Crippen molar-refractivity contribution in [3.05, 3.63) is 29.8 Å². The molecule has 0 spiro atoms. The first-order valence-corrected chi connectivity index (χ1v) is 6.15. The fourth-order valence-electron chi connectivity index (χ4n) is 1.13. The normalized spacial score (nSPS) is 11.4. The van der Waals surface area contributed by atoms with Crippen LogP contribution < -0.4 is 4.74 Å². The second-order valence-corrected chi connectivity index (χ2v) is 5.32. The lowest BCUT2D eigenvalue weighted by molar-refractivity contribution is -0.0907. The summed E-state index contributed by atoms with van der Waals surface area (Å²) in [7, 11) is -2.17. The van der Waals surface area contributed by atoms with E-state index in [1.54, 1.807) is 19.9 Å². The van der Waals surface area contributed by atoms with Gasteiger partial charge in [0.05, 0.1) is 12.2 Å². The minimum atomic E-state index is -2.17. The van der Waals surface area contributed by atoms with Crippen molar-refractivity contribution in [1.29, 1.82) is 0 Å². The van der Waals surface area contributed by atoms with Crippen LogP contribution in [0.2, 0.25) is 0 Å². The average Bonchev–Trinajstić information content (AvgIpc) is 2.26. The van der Waals surface area contributed by atoms with Gasteiger partial charge in [-0.3, -0.25) is 0 Å². The fraction of sp³-hybridized carbons (Fsp3) is 0.538. The molecule has 0 bridgehead atoms. The molecule has 0 heterocycles. The Morgan fingerprint density at radius 3 is 2.00 bits per heavy atom. The van der Waals surface area contributed by atoms with E-state index in [0.29, 0.717) is 5.75 Å². The third-order valence-corrected chi connectivity index (χ3v) is 2.93. The predicted molar refractivity (Wildman–Crippen MR) is 75.8 cm³/mol. The number of aliphatic hydroxyl groups is 2. The van der Waals surface area contributed by atoms with E-state index < -0.39 is 18.5 Å². The zero-order valence-electron chi connectivity index (χ0n) is 12.2. The third kappa shape index (κ3) is 6.88. The minimum absolute atomic E-state index is 0.0137. The van der Waals surface area contributed by atoms with Crippen LogP contribution in [-0.4, -0.2) is 43.8 Å². The van der Waals surface area contributed by atoms with Gasteiger partial charge in [0, 0.05) is 0 Å². The van der Waals surface area contributed by atoms with Crippen molar-refractivity contribution >= 4 is 7.32 Å². The Kier molecular flexibility index (Phi) is 7.19. The molecule has 0 saturated carbocycles. The molecular weight excluding hydrogens is 263 g/mol. The summed E-state index contributed by atoms with van der Waals surface area (Å²) in [5.41, 5.74) is -0.840. The second-order valence-electron chi connectivity index (χ2n) is 5.32. The van der Waals surface area contributed by atoms with Crippen LogP contribution in [0.5, 0.6) is 5.75 Å².